The zero-order chi connectivity index (χ0) is 13.9. The SMILES string of the molecule is CC(CN(C)C)Nc1ncc(C(F)(F)F)cc1Cl. The van der Waals surface area contributed by atoms with Gasteiger partial charge >= 0.3 is 6.18 Å². The predicted molar refractivity (Wildman–Crippen MR) is 65.9 cm³/mol. The first-order chi connectivity index (χ1) is 8.20. The Labute approximate surface area is 109 Å². The quantitative estimate of drug-likeness (QED) is 0.919. The molecule has 1 atom stereocenters. The van der Waals surface area contributed by atoms with Crippen LogP contribution in [0.1, 0.15) is 12.5 Å². The molecule has 0 amide bonds. The Balaban J connectivity index is 2.80. The molecule has 0 aliphatic carbocycles. The molecule has 0 bridgehead atoms. The molecule has 0 aromatic carbocycles. The molecule has 3 nitrogen and oxygen atoms in total. The van der Waals surface area contributed by atoms with Gasteiger partial charge in [0.2, 0.25) is 0 Å². The molecule has 1 aromatic heterocycles. The van der Waals surface area contributed by atoms with Crippen molar-refractivity contribution in [2.24, 2.45) is 0 Å². The molecule has 1 N–H and O–H groups in total. The normalized spacial score (nSPS) is 13.8. The van der Waals surface area contributed by atoms with Crippen LogP contribution in [-0.4, -0.2) is 36.6 Å². The molecule has 1 heterocycles. The van der Waals surface area contributed by atoms with Crippen LogP contribution >= 0.6 is 11.6 Å². The Hall–Kier alpha value is -1.01. The summed E-state index contributed by atoms with van der Waals surface area (Å²) in [5.41, 5.74) is -0.849. The average Bonchev–Trinajstić information content (AvgIpc) is 2.18. The summed E-state index contributed by atoms with van der Waals surface area (Å²) in [7, 11) is 3.81. The largest absolute Gasteiger partial charge is 0.417 e. The van der Waals surface area contributed by atoms with Gasteiger partial charge in [0.05, 0.1) is 10.6 Å². The smallest absolute Gasteiger partial charge is 0.365 e. The van der Waals surface area contributed by atoms with Crippen molar-refractivity contribution >= 4 is 17.4 Å². The van der Waals surface area contributed by atoms with Gasteiger partial charge in [-0.1, -0.05) is 11.6 Å². The maximum Gasteiger partial charge on any atom is 0.417 e. The number of hydrogen-bond donors (Lipinski definition) is 1. The van der Waals surface area contributed by atoms with Crippen molar-refractivity contribution < 1.29 is 13.2 Å². The summed E-state index contributed by atoms with van der Waals surface area (Å²) in [6.45, 7) is 2.62. The maximum absolute atomic E-state index is 12.4. The molecule has 1 unspecified atom stereocenters. The number of nitrogens with one attached hydrogen (secondary N) is 1. The predicted octanol–water partition coefficient (Wildman–Crippen LogP) is 3.12. The van der Waals surface area contributed by atoms with E-state index in [1.807, 2.05) is 25.9 Å². The fourth-order valence-corrected chi connectivity index (χ4v) is 1.75. The van der Waals surface area contributed by atoms with E-state index in [0.717, 1.165) is 18.8 Å². The third-order valence-corrected chi connectivity index (χ3v) is 2.48. The molecule has 0 radical (unpaired) electrons. The fourth-order valence-electron chi connectivity index (χ4n) is 1.53. The number of nitrogens with zero attached hydrogens (tertiary/aromatic N) is 2. The minimum Gasteiger partial charge on any atom is -0.365 e. The lowest BCUT2D eigenvalue weighted by Gasteiger charge is -2.19. The van der Waals surface area contributed by atoms with Crippen LogP contribution in [0.2, 0.25) is 5.02 Å². The number of likely N-dealkylation sites (N-methyl/N-ethyl adjacent to an activating group) is 1. The van der Waals surface area contributed by atoms with Crippen molar-refractivity contribution in [1.29, 1.82) is 0 Å². The Bertz CT molecular complexity index is 407. The van der Waals surface area contributed by atoms with Crippen LogP contribution in [0.5, 0.6) is 0 Å². The van der Waals surface area contributed by atoms with E-state index in [1.54, 1.807) is 0 Å². The molecule has 0 fully saturated rings. The summed E-state index contributed by atoms with van der Waals surface area (Å²) in [4.78, 5) is 5.66. The molecule has 7 heteroatoms. The molecule has 1 aromatic rings. The van der Waals surface area contributed by atoms with Crippen LogP contribution in [0.4, 0.5) is 19.0 Å². The van der Waals surface area contributed by atoms with Gasteiger partial charge in [-0.2, -0.15) is 13.2 Å². The van der Waals surface area contributed by atoms with Crippen LogP contribution in [-0.2, 0) is 6.18 Å². The van der Waals surface area contributed by atoms with E-state index < -0.39 is 11.7 Å². The van der Waals surface area contributed by atoms with Gasteiger partial charge in [-0.05, 0) is 27.1 Å². The van der Waals surface area contributed by atoms with Crippen molar-refractivity contribution in [3.63, 3.8) is 0 Å². The first-order valence-electron chi connectivity index (χ1n) is 5.34. The minimum atomic E-state index is -4.43. The van der Waals surface area contributed by atoms with Gasteiger partial charge in [0.1, 0.15) is 5.82 Å². The molecule has 0 aliphatic rings. The van der Waals surface area contributed by atoms with E-state index in [2.05, 4.69) is 10.3 Å². The van der Waals surface area contributed by atoms with Gasteiger partial charge in [0.15, 0.2) is 0 Å². The van der Waals surface area contributed by atoms with E-state index in [9.17, 15) is 13.2 Å². The summed E-state index contributed by atoms with van der Waals surface area (Å²) in [6.07, 6.45) is -3.65. The van der Waals surface area contributed by atoms with Crippen LogP contribution in [0, 0.1) is 0 Å². The maximum atomic E-state index is 12.4. The summed E-state index contributed by atoms with van der Waals surface area (Å²) in [5, 5.41) is 2.94. The van der Waals surface area contributed by atoms with Crippen molar-refractivity contribution in [2.75, 3.05) is 26.0 Å². The van der Waals surface area contributed by atoms with Crippen LogP contribution in [0.3, 0.4) is 0 Å². The van der Waals surface area contributed by atoms with Crippen molar-refractivity contribution in [2.45, 2.75) is 19.1 Å². The Morgan fingerprint density at radius 2 is 2.06 bits per heavy atom. The highest BCUT2D eigenvalue weighted by atomic mass is 35.5. The second-order valence-electron chi connectivity index (χ2n) is 4.36. The molecule has 0 saturated carbocycles. The number of anilines is 1. The standard InChI is InChI=1S/C11H15ClF3N3/c1-7(6-18(2)3)17-10-9(12)4-8(5-16-10)11(13,14)15/h4-5,7H,6H2,1-3H3,(H,16,17). The van der Waals surface area contributed by atoms with Gasteiger partial charge in [-0.15, -0.1) is 0 Å². The topological polar surface area (TPSA) is 28.2 Å². The molecule has 18 heavy (non-hydrogen) atoms. The van der Waals surface area contributed by atoms with Gasteiger partial charge in [-0.3, -0.25) is 0 Å². The third kappa shape index (κ3) is 4.34. The highest BCUT2D eigenvalue weighted by Gasteiger charge is 2.31. The molecular formula is C11H15ClF3N3. The summed E-state index contributed by atoms with van der Waals surface area (Å²) < 4.78 is 37.2. The number of rotatable bonds is 4. The number of pyridine rings is 1. The van der Waals surface area contributed by atoms with E-state index in [-0.39, 0.29) is 16.9 Å². The fraction of sp³-hybridized carbons (Fsp3) is 0.545. The zero-order valence-electron chi connectivity index (χ0n) is 10.3. The molecular weight excluding hydrogens is 267 g/mol. The van der Waals surface area contributed by atoms with E-state index in [1.165, 1.54) is 0 Å². The van der Waals surface area contributed by atoms with Crippen LogP contribution in [0.15, 0.2) is 12.3 Å². The summed E-state index contributed by atoms with van der Waals surface area (Å²) in [6, 6.07) is 0.904. The number of halogens is 4. The Morgan fingerprint density at radius 1 is 1.44 bits per heavy atom. The Morgan fingerprint density at radius 3 is 2.50 bits per heavy atom. The monoisotopic (exact) mass is 281 g/mol. The lowest BCUT2D eigenvalue weighted by atomic mass is 10.2. The summed E-state index contributed by atoms with van der Waals surface area (Å²) >= 11 is 5.78. The lowest BCUT2D eigenvalue weighted by molar-refractivity contribution is -0.137. The first kappa shape index (κ1) is 15.0. The number of hydrogen-bond acceptors (Lipinski definition) is 3. The third-order valence-electron chi connectivity index (χ3n) is 2.19. The molecule has 102 valence electrons. The second kappa shape index (κ2) is 5.75. The highest BCUT2D eigenvalue weighted by molar-refractivity contribution is 6.32. The molecule has 1 rings (SSSR count). The molecule has 0 saturated heterocycles. The number of alkyl halides is 3. The highest BCUT2D eigenvalue weighted by Crippen LogP contribution is 2.32. The van der Waals surface area contributed by atoms with Gasteiger partial charge in [0, 0.05) is 18.8 Å². The molecule has 0 spiro atoms. The van der Waals surface area contributed by atoms with Crippen molar-refractivity contribution in [3.8, 4) is 0 Å². The first-order valence-corrected chi connectivity index (χ1v) is 5.72. The van der Waals surface area contributed by atoms with E-state index in [0.29, 0.717) is 0 Å². The van der Waals surface area contributed by atoms with E-state index in [4.69, 9.17) is 11.6 Å². The Kier molecular flexibility index (Phi) is 4.81. The van der Waals surface area contributed by atoms with Crippen molar-refractivity contribution in [3.05, 3.63) is 22.8 Å². The van der Waals surface area contributed by atoms with Gasteiger partial charge in [-0.25, -0.2) is 4.98 Å². The average molecular weight is 282 g/mol. The van der Waals surface area contributed by atoms with Crippen LogP contribution < -0.4 is 5.32 Å². The second-order valence-corrected chi connectivity index (χ2v) is 4.77. The van der Waals surface area contributed by atoms with Crippen molar-refractivity contribution in [1.82, 2.24) is 9.88 Å². The van der Waals surface area contributed by atoms with Crippen LogP contribution in [0.25, 0.3) is 0 Å². The zero-order valence-corrected chi connectivity index (χ0v) is 11.1. The minimum absolute atomic E-state index is 0.0294. The summed E-state index contributed by atoms with van der Waals surface area (Å²) in [5.74, 6) is 0.263. The lowest BCUT2D eigenvalue weighted by Crippen LogP contribution is -2.30. The number of aromatic nitrogens is 1. The van der Waals surface area contributed by atoms with E-state index >= 15 is 0 Å². The van der Waals surface area contributed by atoms with Gasteiger partial charge < -0.3 is 10.2 Å². The van der Waals surface area contributed by atoms with Gasteiger partial charge in [0.25, 0.3) is 0 Å². The molecule has 0 aliphatic heterocycles.